The lowest BCUT2D eigenvalue weighted by Crippen LogP contribution is -2.48. The van der Waals surface area contributed by atoms with E-state index in [1.807, 2.05) is 25.6 Å². The molecule has 162 valence electrons. The summed E-state index contributed by atoms with van der Waals surface area (Å²) in [4.78, 5) is 15.7. The number of anilines is 1. The molecule has 0 aliphatic carbocycles. The van der Waals surface area contributed by atoms with E-state index in [9.17, 15) is 10.1 Å². The molecule has 0 bridgehead atoms. The second kappa shape index (κ2) is 8.18. The average molecular weight is 435 g/mol. The van der Waals surface area contributed by atoms with Crippen molar-refractivity contribution in [3.63, 3.8) is 0 Å². The molecule has 0 N–H and O–H groups in total. The summed E-state index contributed by atoms with van der Waals surface area (Å²) in [6.45, 7) is 2.68. The maximum atomic E-state index is 11.7. The lowest BCUT2D eigenvalue weighted by Gasteiger charge is -2.35. The quantitative estimate of drug-likeness (QED) is 0.462. The molecule has 8 heteroatoms. The molecule has 1 saturated heterocycles. The molecular weight excluding hydrogens is 414 g/mol. The van der Waals surface area contributed by atoms with Crippen LogP contribution in [0, 0.1) is 23.7 Å². The third kappa shape index (κ3) is 3.68. The Morgan fingerprint density at radius 1 is 1.00 bits per heavy atom. The van der Waals surface area contributed by atoms with Crippen LogP contribution in [0.2, 0.25) is 0 Å². The Hall–Kier alpha value is -4.56. The molecular formula is C25H21N7O. The molecule has 0 spiro atoms. The first-order chi connectivity index (χ1) is 16.1. The third-order valence-electron chi connectivity index (χ3n) is 6.00. The van der Waals surface area contributed by atoms with Crippen molar-refractivity contribution in [3.05, 3.63) is 60.7 Å². The fourth-order valence-corrected chi connectivity index (χ4v) is 4.26. The Morgan fingerprint density at radius 2 is 1.76 bits per heavy atom. The first-order valence-corrected chi connectivity index (χ1v) is 10.6. The number of piperazine rings is 1. The number of benzene rings is 1. The van der Waals surface area contributed by atoms with Crippen LogP contribution < -0.4 is 4.90 Å². The fourth-order valence-electron chi connectivity index (χ4n) is 4.26. The Bertz CT molecular complexity index is 1420. The van der Waals surface area contributed by atoms with E-state index in [-0.39, 0.29) is 5.91 Å². The lowest BCUT2D eigenvalue weighted by atomic mass is 9.99. The zero-order valence-electron chi connectivity index (χ0n) is 18.1. The van der Waals surface area contributed by atoms with E-state index in [1.165, 1.54) is 0 Å². The molecule has 1 amide bonds. The van der Waals surface area contributed by atoms with Gasteiger partial charge in [-0.05, 0) is 29.7 Å². The summed E-state index contributed by atoms with van der Waals surface area (Å²) in [5, 5.41) is 18.3. The fraction of sp³-hybridized carbons (Fsp3) is 0.200. The molecule has 0 unspecified atom stereocenters. The van der Waals surface area contributed by atoms with Gasteiger partial charge >= 0.3 is 0 Å². The highest BCUT2D eigenvalue weighted by atomic mass is 16.2. The molecule has 1 fully saturated rings. The molecule has 1 aliphatic rings. The average Bonchev–Trinajstić information content (AvgIpc) is 3.49. The molecule has 3 aromatic heterocycles. The predicted octanol–water partition coefficient (Wildman–Crippen LogP) is 2.56. The number of carbonyl (C=O) groups excluding carboxylic acids is 1. The summed E-state index contributed by atoms with van der Waals surface area (Å²) >= 11 is 0. The van der Waals surface area contributed by atoms with Gasteiger partial charge in [0.2, 0.25) is 0 Å². The summed E-state index contributed by atoms with van der Waals surface area (Å²) in [7, 11) is 1.88. The van der Waals surface area contributed by atoms with Crippen LogP contribution in [0.15, 0.2) is 55.1 Å². The molecule has 0 radical (unpaired) electrons. The molecule has 5 rings (SSSR count). The summed E-state index contributed by atoms with van der Waals surface area (Å²) in [6, 6.07) is 12.6. The molecule has 4 aromatic rings. The number of nitrogens with zero attached hydrogens (tertiary/aromatic N) is 7. The molecule has 8 nitrogen and oxygen atoms in total. The maximum Gasteiger partial charge on any atom is 0.298 e. The van der Waals surface area contributed by atoms with Gasteiger partial charge in [-0.1, -0.05) is 12.1 Å². The van der Waals surface area contributed by atoms with Crippen LogP contribution in [0.25, 0.3) is 27.8 Å². The van der Waals surface area contributed by atoms with Crippen molar-refractivity contribution >= 4 is 17.1 Å². The van der Waals surface area contributed by atoms with Crippen molar-refractivity contribution in [2.24, 2.45) is 7.05 Å². The van der Waals surface area contributed by atoms with Gasteiger partial charge in [0.25, 0.3) is 5.91 Å². The number of amides is 1. The Labute approximate surface area is 191 Å². The van der Waals surface area contributed by atoms with E-state index >= 15 is 0 Å². The van der Waals surface area contributed by atoms with Crippen LogP contribution in [0.3, 0.4) is 0 Å². The minimum atomic E-state index is -0.253. The third-order valence-corrected chi connectivity index (χ3v) is 6.00. The van der Waals surface area contributed by atoms with Crippen LogP contribution >= 0.6 is 0 Å². The van der Waals surface area contributed by atoms with E-state index in [2.05, 4.69) is 57.4 Å². The van der Waals surface area contributed by atoms with Crippen molar-refractivity contribution in [3.8, 4) is 40.7 Å². The van der Waals surface area contributed by atoms with E-state index in [0.29, 0.717) is 18.7 Å². The highest BCUT2D eigenvalue weighted by molar-refractivity contribution is 5.93. The first kappa shape index (κ1) is 20.3. The normalized spacial score (nSPS) is 13.7. The SMILES string of the molecule is C#CC(=O)N1CCN(c2ccc(-c3cc(-c4cnn(C)c4)cn4ncc(C#N)c34)cc2)CC1. The number of nitriles is 1. The van der Waals surface area contributed by atoms with Crippen LogP contribution in [0.4, 0.5) is 5.69 Å². The van der Waals surface area contributed by atoms with Crippen molar-refractivity contribution in [1.82, 2.24) is 24.3 Å². The van der Waals surface area contributed by atoms with E-state index < -0.39 is 0 Å². The minimum absolute atomic E-state index is 0.253. The lowest BCUT2D eigenvalue weighted by molar-refractivity contribution is -0.125. The number of aryl methyl sites for hydroxylation is 1. The largest absolute Gasteiger partial charge is 0.368 e. The number of rotatable bonds is 3. The minimum Gasteiger partial charge on any atom is -0.368 e. The number of aromatic nitrogens is 4. The van der Waals surface area contributed by atoms with Crippen molar-refractivity contribution in [2.45, 2.75) is 0 Å². The van der Waals surface area contributed by atoms with Crippen LogP contribution in [-0.4, -0.2) is 56.4 Å². The molecule has 1 aliphatic heterocycles. The Balaban J connectivity index is 1.49. The smallest absolute Gasteiger partial charge is 0.298 e. The summed E-state index contributed by atoms with van der Waals surface area (Å²) in [6.07, 6.45) is 12.5. The van der Waals surface area contributed by atoms with E-state index in [1.54, 1.807) is 20.3 Å². The van der Waals surface area contributed by atoms with Gasteiger partial charge in [-0.15, -0.1) is 6.42 Å². The summed E-state index contributed by atoms with van der Waals surface area (Å²) < 4.78 is 3.51. The van der Waals surface area contributed by atoms with Gasteiger partial charge in [-0.3, -0.25) is 9.48 Å². The monoisotopic (exact) mass is 435 g/mol. The van der Waals surface area contributed by atoms with Crippen LogP contribution in [-0.2, 0) is 11.8 Å². The summed E-state index contributed by atoms with van der Waals surface area (Å²) in [5.41, 5.74) is 6.26. The van der Waals surface area contributed by atoms with Crippen molar-refractivity contribution in [1.29, 1.82) is 5.26 Å². The Morgan fingerprint density at radius 3 is 2.39 bits per heavy atom. The second-order valence-corrected chi connectivity index (χ2v) is 7.98. The number of hydrogen-bond donors (Lipinski definition) is 0. The molecule has 0 saturated carbocycles. The van der Waals surface area contributed by atoms with Crippen LogP contribution in [0.5, 0.6) is 0 Å². The van der Waals surface area contributed by atoms with E-state index in [0.717, 1.165) is 46.5 Å². The second-order valence-electron chi connectivity index (χ2n) is 7.98. The van der Waals surface area contributed by atoms with Gasteiger partial charge in [0.1, 0.15) is 6.07 Å². The number of carbonyl (C=O) groups is 1. The van der Waals surface area contributed by atoms with Crippen molar-refractivity contribution in [2.75, 3.05) is 31.1 Å². The highest BCUT2D eigenvalue weighted by Crippen LogP contribution is 2.33. The number of terminal acetylenes is 1. The maximum absolute atomic E-state index is 11.7. The highest BCUT2D eigenvalue weighted by Gasteiger charge is 2.20. The zero-order chi connectivity index (χ0) is 22.9. The zero-order valence-corrected chi connectivity index (χ0v) is 18.1. The van der Waals surface area contributed by atoms with E-state index in [4.69, 9.17) is 6.42 Å². The van der Waals surface area contributed by atoms with Gasteiger partial charge in [0.15, 0.2) is 0 Å². The standard InChI is InChI=1S/C25H21N7O/c1-3-24(33)31-10-8-30(9-11-31)22-6-4-18(5-7-22)23-12-19(21-15-27-29(2)16-21)17-32-25(23)20(13-26)14-28-32/h1,4-7,12,14-17H,8-11H2,2H3. The summed E-state index contributed by atoms with van der Waals surface area (Å²) in [5.74, 6) is 1.93. The Kier molecular flexibility index (Phi) is 5.04. The molecule has 1 aromatic carbocycles. The molecule has 0 atom stereocenters. The predicted molar refractivity (Wildman–Crippen MR) is 125 cm³/mol. The first-order valence-electron chi connectivity index (χ1n) is 10.6. The number of hydrogen-bond acceptors (Lipinski definition) is 5. The number of pyridine rings is 1. The van der Waals surface area contributed by atoms with Gasteiger partial charge < -0.3 is 9.80 Å². The topological polar surface area (TPSA) is 82.5 Å². The van der Waals surface area contributed by atoms with Crippen molar-refractivity contribution < 1.29 is 4.79 Å². The van der Waals surface area contributed by atoms with Gasteiger partial charge in [0, 0.05) is 68.0 Å². The molecule has 4 heterocycles. The van der Waals surface area contributed by atoms with Crippen LogP contribution in [0.1, 0.15) is 5.56 Å². The molecule has 33 heavy (non-hydrogen) atoms. The van der Waals surface area contributed by atoms with Gasteiger partial charge in [-0.25, -0.2) is 4.52 Å². The number of fused-ring (bicyclic) bond motifs is 1. The van der Waals surface area contributed by atoms with Gasteiger partial charge in [-0.2, -0.15) is 15.5 Å². The van der Waals surface area contributed by atoms with Gasteiger partial charge in [0.05, 0.1) is 23.5 Å².